The van der Waals surface area contributed by atoms with Crippen molar-refractivity contribution in [3.63, 3.8) is 0 Å². The van der Waals surface area contributed by atoms with Gasteiger partial charge in [-0.15, -0.1) is 0 Å². The largest absolute Gasteiger partial charge is 0.389 e. The summed E-state index contributed by atoms with van der Waals surface area (Å²) in [5.41, 5.74) is -0.753. The van der Waals surface area contributed by atoms with Gasteiger partial charge in [0.05, 0.1) is 18.3 Å². The minimum Gasteiger partial charge on any atom is -0.310 e. The molecular weight excluding hydrogens is 347 g/mol. The first-order valence-corrected chi connectivity index (χ1v) is 8.13. The molecule has 8 heteroatoms. The van der Waals surface area contributed by atoms with Crippen LogP contribution in [0.2, 0.25) is 0 Å². The van der Waals surface area contributed by atoms with Gasteiger partial charge in [-0.2, -0.15) is 13.2 Å². The van der Waals surface area contributed by atoms with E-state index in [1.807, 2.05) is 0 Å². The van der Waals surface area contributed by atoms with Crippen LogP contribution in [0.25, 0.3) is 16.5 Å². The molecule has 3 aromatic rings. The maximum atomic E-state index is 13.0. The normalized spacial score (nSPS) is 16.8. The Balaban J connectivity index is 1.96. The molecular formula is C18H14F3N3O2. The van der Waals surface area contributed by atoms with Gasteiger partial charge in [0.25, 0.3) is 5.56 Å². The van der Waals surface area contributed by atoms with Gasteiger partial charge in [-0.25, -0.2) is 9.36 Å². The van der Waals surface area contributed by atoms with Gasteiger partial charge in [0.1, 0.15) is 0 Å². The predicted molar refractivity (Wildman–Crippen MR) is 89.7 cm³/mol. The van der Waals surface area contributed by atoms with Crippen molar-refractivity contribution in [2.24, 2.45) is 0 Å². The molecule has 5 nitrogen and oxygen atoms in total. The minimum atomic E-state index is -4.37. The van der Waals surface area contributed by atoms with Gasteiger partial charge in [-0.05, 0) is 12.8 Å². The van der Waals surface area contributed by atoms with Crippen LogP contribution in [0.15, 0.2) is 46.2 Å². The second kappa shape index (κ2) is 5.82. The van der Waals surface area contributed by atoms with Crippen molar-refractivity contribution in [1.29, 1.82) is 0 Å². The van der Waals surface area contributed by atoms with Crippen molar-refractivity contribution >= 4 is 10.8 Å². The highest BCUT2D eigenvalue weighted by Crippen LogP contribution is 2.38. The third-order valence-electron chi connectivity index (χ3n) is 4.74. The van der Waals surface area contributed by atoms with E-state index in [1.165, 1.54) is 6.20 Å². The van der Waals surface area contributed by atoms with Crippen LogP contribution in [-0.2, 0) is 6.42 Å². The van der Waals surface area contributed by atoms with Gasteiger partial charge in [-0.3, -0.25) is 9.78 Å². The molecule has 1 N–H and O–H groups in total. The lowest BCUT2D eigenvalue weighted by molar-refractivity contribution is -0.138. The number of rotatable bonds is 2. The van der Waals surface area contributed by atoms with Crippen molar-refractivity contribution < 1.29 is 13.2 Å². The molecule has 0 bridgehead atoms. The summed E-state index contributed by atoms with van der Waals surface area (Å²) in [6, 6.07) is 7.07. The van der Waals surface area contributed by atoms with E-state index in [0.29, 0.717) is 11.1 Å². The van der Waals surface area contributed by atoms with Gasteiger partial charge in [0.15, 0.2) is 0 Å². The summed E-state index contributed by atoms with van der Waals surface area (Å²) in [6.07, 6.45) is -2.03. The molecule has 2 heterocycles. The fourth-order valence-electron chi connectivity index (χ4n) is 3.66. The molecule has 0 spiro atoms. The first kappa shape index (κ1) is 16.6. The van der Waals surface area contributed by atoms with Crippen LogP contribution >= 0.6 is 0 Å². The van der Waals surface area contributed by atoms with E-state index in [1.54, 1.807) is 30.5 Å². The number of pyridine rings is 1. The average molecular weight is 361 g/mol. The van der Waals surface area contributed by atoms with E-state index >= 15 is 0 Å². The van der Waals surface area contributed by atoms with Crippen LogP contribution in [0.4, 0.5) is 13.2 Å². The predicted octanol–water partition coefficient (Wildman–Crippen LogP) is 3.06. The zero-order valence-corrected chi connectivity index (χ0v) is 13.5. The number of aromatic amines is 1. The molecule has 0 saturated heterocycles. The third kappa shape index (κ3) is 2.71. The number of aromatic nitrogens is 3. The number of nitrogens with zero attached hydrogens (tertiary/aromatic N) is 2. The summed E-state index contributed by atoms with van der Waals surface area (Å²) in [4.78, 5) is 32.1. The average Bonchev–Trinajstić information content (AvgIpc) is 2.96. The number of halogens is 3. The van der Waals surface area contributed by atoms with Crippen LogP contribution in [-0.4, -0.2) is 20.7 Å². The van der Waals surface area contributed by atoms with Crippen LogP contribution in [0.3, 0.4) is 0 Å². The number of nitrogens with one attached hydrogen (secondary N) is 1. The number of benzene rings is 1. The molecule has 1 aromatic carbocycles. The standard InChI is InChI=1S/C18H14F3N3O2/c19-18(20,21)7-10-5-6-13-15(10)16(25)24(17(26)23-13)14-9-22-8-11-3-1-2-4-12(11)14/h1-4,8-10H,5-7H2,(H,23,26). The van der Waals surface area contributed by atoms with Gasteiger partial charge >= 0.3 is 11.9 Å². The van der Waals surface area contributed by atoms with Crippen molar-refractivity contribution in [2.75, 3.05) is 0 Å². The lowest BCUT2D eigenvalue weighted by Crippen LogP contribution is -2.37. The summed E-state index contributed by atoms with van der Waals surface area (Å²) in [6.45, 7) is 0. The smallest absolute Gasteiger partial charge is 0.310 e. The van der Waals surface area contributed by atoms with Crippen molar-refractivity contribution in [3.05, 3.63) is 68.8 Å². The Morgan fingerprint density at radius 3 is 2.73 bits per heavy atom. The second-order valence-corrected chi connectivity index (χ2v) is 6.40. The number of H-pyrrole nitrogens is 1. The Kier molecular flexibility index (Phi) is 3.71. The molecule has 0 fully saturated rings. The van der Waals surface area contributed by atoms with E-state index in [2.05, 4.69) is 9.97 Å². The zero-order chi connectivity index (χ0) is 18.5. The van der Waals surface area contributed by atoms with Crippen molar-refractivity contribution in [3.8, 4) is 5.69 Å². The molecule has 0 amide bonds. The van der Waals surface area contributed by atoms with E-state index in [0.717, 1.165) is 9.95 Å². The molecule has 1 aliphatic rings. The van der Waals surface area contributed by atoms with Crippen LogP contribution in [0, 0.1) is 0 Å². The highest BCUT2D eigenvalue weighted by Gasteiger charge is 2.38. The van der Waals surface area contributed by atoms with E-state index in [9.17, 15) is 22.8 Å². The van der Waals surface area contributed by atoms with Gasteiger partial charge in [0, 0.05) is 34.1 Å². The highest BCUT2D eigenvalue weighted by atomic mass is 19.4. The molecule has 1 unspecified atom stereocenters. The highest BCUT2D eigenvalue weighted by molar-refractivity contribution is 5.89. The number of hydrogen-bond acceptors (Lipinski definition) is 3. The fourth-order valence-corrected chi connectivity index (χ4v) is 3.66. The summed E-state index contributed by atoms with van der Waals surface area (Å²) >= 11 is 0. The summed E-state index contributed by atoms with van der Waals surface area (Å²) in [5, 5.41) is 1.35. The molecule has 1 aliphatic carbocycles. The Morgan fingerprint density at radius 1 is 1.19 bits per heavy atom. The number of alkyl halides is 3. The summed E-state index contributed by atoms with van der Waals surface area (Å²) < 4.78 is 39.5. The molecule has 0 radical (unpaired) electrons. The lowest BCUT2D eigenvalue weighted by Gasteiger charge is -2.15. The molecule has 134 valence electrons. The van der Waals surface area contributed by atoms with E-state index in [-0.39, 0.29) is 24.1 Å². The Bertz CT molecular complexity index is 1110. The third-order valence-corrected chi connectivity index (χ3v) is 4.74. The topological polar surface area (TPSA) is 67.8 Å². The Hall–Kier alpha value is -2.90. The Labute approximate surface area is 145 Å². The molecule has 1 atom stereocenters. The molecule has 0 saturated carbocycles. The second-order valence-electron chi connectivity index (χ2n) is 6.40. The number of fused-ring (bicyclic) bond motifs is 2. The van der Waals surface area contributed by atoms with Gasteiger partial charge in [-0.1, -0.05) is 24.3 Å². The minimum absolute atomic E-state index is 0.0508. The molecule has 26 heavy (non-hydrogen) atoms. The zero-order valence-electron chi connectivity index (χ0n) is 13.5. The maximum absolute atomic E-state index is 13.0. The van der Waals surface area contributed by atoms with E-state index < -0.39 is 29.8 Å². The SMILES string of the molecule is O=c1[nH]c2c(c(=O)n1-c1cncc3ccccc13)C(CC(F)(F)F)CC2. The van der Waals surface area contributed by atoms with Crippen molar-refractivity contribution in [1.82, 2.24) is 14.5 Å². The van der Waals surface area contributed by atoms with Gasteiger partial charge < -0.3 is 4.98 Å². The molecule has 0 aliphatic heterocycles. The summed E-state index contributed by atoms with van der Waals surface area (Å²) in [5.74, 6) is -0.941. The first-order chi connectivity index (χ1) is 12.3. The Morgan fingerprint density at radius 2 is 1.96 bits per heavy atom. The monoisotopic (exact) mass is 361 g/mol. The first-order valence-electron chi connectivity index (χ1n) is 8.13. The number of hydrogen-bond donors (Lipinski definition) is 1. The quantitative estimate of drug-likeness (QED) is 0.763. The van der Waals surface area contributed by atoms with Crippen LogP contribution < -0.4 is 11.2 Å². The molecule has 4 rings (SSSR count). The van der Waals surface area contributed by atoms with Gasteiger partial charge in [0.2, 0.25) is 0 Å². The fraction of sp³-hybridized carbons (Fsp3) is 0.278. The lowest BCUT2D eigenvalue weighted by atomic mass is 9.99. The molecule has 2 aromatic heterocycles. The summed E-state index contributed by atoms with van der Waals surface area (Å²) in [7, 11) is 0. The van der Waals surface area contributed by atoms with E-state index in [4.69, 9.17) is 0 Å². The van der Waals surface area contributed by atoms with Crippen LogP contribution in [0.5, 0.6) is 0 Å². The van der Waals surface area contributed by atoms with Crippen molar-refractivity contribution in [2.45, 2.75) is 31.4 Å². The van der Waals surface area contributed by atoms with Crippen LogP contribution in [0.1, 0.15) is 30.0 Å². The number of aryl methyl sites for hydroxylation is 1. The maximum Gasteiger partial charge on any atom is 0.389 e.